The van der Waals surface area contributed by atoms with Crippen LogP contribution in [0.2, 0.25) is 5.02 Å². The molecule has 4 heterocycles. The number of benzene rings is 1. The molecule has 21 heteroatoms. The van der Waals surface area contributed by atoms with Crippen LogP contribution in [0, 0.1) is 5.92 Å². The number of nitrogens with one attached hydrogen (secondary N) is 1. The van der Waals surface area contributed by atoms with Crippen molar-refractivity contribution in [3.05, 3.63) is 46.5 Å². The number of imide groups is 1. The molecule has 0 aliphatic carbocycles. The van der Waals surface area contributed by atoms with E-state index in [4.69, 9.17) is 40.1 Å². The first-order chi connectivity index (χ1) is 31.5. The van der Waals surface area contributed by atoms with Crippen LogP contribution in [0.3, 0.4) is 0 Å². The normalized spacial score (nSPS) is 29.3. The van der Waals surface area contributed by atoms with Crippen LogP contribution in [0.4, 0.5) is 10.5 Å². The number of halogens is 1. The molecule has 0 aromatic heterocycles. The van der Waals surface area contributed by atoms with Crippen molar-refractivity contribution in [2.24, 2.45) is 5.92 Å². The number of ether oxygens (including phenoxy) is 5. The number of methoxy groups -OCH3 is 2. The molecular weight excluding hydrogens is 932 g/mol. The number of allylic oxidation sites excluding steroid dienone is 3. The maximum absolute atomic E-state index is 14.3. The first-order valence-electron chi connectivity index (χ1n) is 22.2. The van der Waals surface area contributed by atoms with Gasteiger partial charge in [0.2, 0.25) is 11.8 Å². The van der Waals surface area contributed by atoms with Crippen LogP contribution in [0.1, 0.15) is 98.5 Å². The summed E-state index contributed by atoms with van der Waals surface area (Å²) in [4.78, 5) is 98.1. The molecule has 67 heavy (non-hydrogen) atoms. The molecule has 4 aliphatic rings. The minimum absolute atomic E-state index is 0.0196. The molecule has 3 saturated heterocycles. The third kappa shape index (κ3) is 13.3. The number of alkyl carbamates (subject to hydrolysis) is 1. The van der Waals surface area contributed by atoms with Gasteiger partial charge in [0, 0.05) is 69.7 Å². The Morgan fingerprint density at radius 2 is 1.67 bits per heavy atom. The fraction of sp³-hybridized carbons (Fsp3) is 0.630. The van der Waals surface area contributed by atoms with Crippen LogP contribution in [-0.2, 0) is 59.0 Å². The predicted octanol–water partition coefficient (Wildman–Crippen LogP) is 5.84. The summed E-state index contributed by atoms with van der Waals surface area (Å²) < 4.78 is 29.4. The number of hydroxylamine groups is 2. The zero-order valence-corrected chi connectivity index (χ0v) is 42.0. The molecule has 3 fully saturated rings. The highest BCUT2D eigenvalue weighted by Crippen LogP contribution is 2.49. The first-order valence-corrected chi connectivity index (χ1v) is 24.9. The summed E-state index contributed by atoms with van der Waals surface area (Å²) in [6, 6.07) is 2.49. The van der Waals surface area contributed by atoms with Crippen LogP contribution < -0.4 is 15.0 Å². The van der Waals surface area contributed by atoms with Crippen molar-refractivity contribution < 1.29 is 67.2 Å². The Morgan fingerprint density at radius 3 is 2.30 bits per heavy atom. The van der Waals surface area contributed by atoms with Crippen molar-refractivity contribution >= 4 is 80.5 Å². The van der Waals surface area contributed by atoms with Gasteiger partial charge in [-0.15, -0.1) is 5.06 Å². The number of fused-ring (bicyclic) bond motifs is 5. The quantitative estimate of drug-likeness (QED) is 0.0912. The average molecular weight is 996 g/mol. The monoisotopic (exact) mass is 994 g/mol. The van der Waals surface area contributed by atoms with E-state index in [2.05, 4.69) is 5.32 Å². The lowest BCUT2D eigenvalue weighted by Crippen LogP contribution is -2.63. The lowest BCUT2D eigenvalue weighted by molar-refractivity contribution is -0.197. The maximum Gasteiger partial charge on any atom is 0.409 e. The van der Waals surface area contributed by atoms with Gasteiger partial charge in [0.25, 0.3) is 11.8 Å². The molecular formula is C46H63ClN4O14S2. The maximum atomic E-state index is 14.3. The molecule has 0 spiro atoms. The second-order valence-corrected chi connectivity index (χ2v) is 21.4. The van der Waals surface area contributed by atoms with E-state index in [-0.39, 0.29) is 60.0 Å². The lowest BCUT2D eigenvalue weighted by Gasteiger charge is -2.42. The van der Waals surface area contributed by atoms with Crippen molar-refractivity contribution in [3.8, 4) is 5.75 Å². The van der Waals surface area contributed by atoms with Crippen molar-refractivity contribution in [3.63, 3.8) is 0 Å². The summed E-state index contributed by atoms with van der Waals surface area (Å²) in [6.45, 7) is 10.8. The van der Waals surface area contributed by atoms with Gasteiger partial charge < -0.3 is 43.4 Å². The molecule has 4 aliphatic heterocycles. The van der Waals surface area contributed by atoms with Crippen molar-refractivity contribution in [1.29, 1.82) is 0 Å². The highest BCUT2D eigenvalue weighted by atomic mass is 35.5. The van der Waals surface area contributed by atoms with Gasteiger partial charge in [-0.2, -0.15) is 0 Å². The Labute approximate surface area is 404 Å². The number of anilines is 1. The van der Waals surface area contributed by atoms with E-state index in [0.717, 1.165) is 11.1 Å². The molecule has 5 amide bonds. The molecule has 1 aromatic rings. The number of carbonyl (C=O) groups is 7. The molecule has 1 aromatic carbocycles. The Bertz CT molecular complexity index is 2110. The standard InChI is InChI=1S/C46H63ClN4O14S2/c1-25-12-11-13-34(61-10)46(59)24-33(62-44(58)48-46)28(4)42-45(6,64-42)35(23-39(55)50(8)31-21-30(20-25)22-32(60-9)41(31)47)63-43(57)29(5)49(7)36(52)16-14-26(2)66-67-27(3)15-19-40(56)65-51-37(53)17-18-38(51)54/h11-13,21-22,26-29,33-35,42,59H,14-20,23-24H2,1-10H3,(H,48,58)/b13-11+,25-12+/t26?,27?,28-,29+,33+,34-,35+,42+,45+,46+/m1/s1. The zero-order valence-electron chi connectivity index (χ0n) is 39.7. The second-order valence-electron chi connectivity index (χ2n) is 17.8. The molecule has 18 nitrogen and oxygen atoms in total. The molecule has 4 bridgehead atoms. The minimum atomic E-state index is -1.86. The topological polar surface area (TPSA) is 220 Å². The number of esters is 1. The SMILES string of the molecule is COc1cc2cc(c1Cl)N(C)C(=O)C[C@H](OC(=O)[C@H](C)N(C)C(=O)CCC(C)SSC(C)CCC(=O)ON1C(=O)CCC1=O)[C@]1(C)O[C@H]1[C@H](C)[C@@H]1C[C@@](O)(NC(=O)O1)[C@H](OC)/C=C/C=C(\C)C2. The lowest BCUT2D eigenvalue weighted by atomic mass is 9.83. The van der Waals surface area contributed by atoms with Gasteiger partial charge in [-0.05, 0) is 57.7 Å². The summed E-state index contributed by atoms with van der Waals surface area (Å²) in [5.74, 6) is -3.50. The number of likely N-dealkylation sites (N-methyl/N-ethyl adjacent to an activating group) is 1. The van der Waals surface area contributed by atoms with Crippen LogP contribution >= 0.6 is 33.2 Å². The van der Waals surface area contributed by atoms with Gasteiger partial charge >= 0.3 is 18.0 Å². The third-order valence-corrected chi connectivity index (χ3v) is 16.6. The summed E-state index contributed by atoms with van der Waals surface area (Å²) in [5.41, 5.74) is -1.09. The van der Waals surface area contributed by atoms with Crippen LogP contribution in [0.5, 0.6) is 5.75 Å². The fourth-order valence-corrected chi connectivity index (χ4v) is 11.0. The Morgan fingerprint density at radius 1 is 1.03 bits per heavy atom. The number of carbonyl (C=O) groups excluding carboxylic acids is 7. The number of hydrogen-bond donors (Lipinski definition) is 2. The Hall–Kier alpha value is -4.34. The molecule has 2 unspecified atom stereocenters. The van der Waals surface area contributed by atoms with Crippen LogP contribution in [-0.4, -0.2) is 137 Å². The van der Waals surface area contributed by atoms with Gasteiger partial charge in [0.15, 0.2) is 5.72 Å². The smallest absolute Gasteiger partial charge is 0.409 e. The van der Waals surface area contributed by atoms with Crippen molar-refractivity contribution in [2.45, 2.75) is 152 Å². The number of hydrogen-bond acceptors (Lipinski definition) is 16. The predicted molar refractivity (Wildman–Crippen MR) is 251 cm³/mol. The van der Waals surface area contributed by atoms with E-state index in [0.29, 0.717) is 35.8 Å². The van der Waals surface area contributed by atoms with E-state index in [9.17, 15) is 38.7 Å². The summed E-state index contributed by atoms with van der Waals surface area (Å²) >= 11 is 6.80. The van der Waals surface area contributed by atoms with Crippen molar-refractivity contribution in [2.75, 3.05) is 33.2 Å². The van der Waals surface area contributed by atoms with E-state index in [1.165, 1.54) is 48.8 Å². The zero-order chi connectivity index (χ0) is 49.5. The van der Waals surface area contributed by atoms with E-state index in [1.54, 1.807) is 56.0 Å². The fourth-order valence-electron chi connectivity index (χ4n) is 8.13. The molecule has 0 radical (unpaired) electrons. The summed E-state index contributed by atoms with van der Waals surface area (Å²) in [7, 11) is 9.05. The number of aliphatic hydroxyl groups is 1. The number of epoxide rings is 1. The first kappa shape index (κ1) is 53.6. The van der Waals surface area contributed by atoms with Gasteiger partial charge in [-0.25, -0.2) is 14.4 Å². The Balaban J connectivity index is 1.28. The third-order valence-electron chi connectivity index (χ3n) is 12.6. The largest absolute Gasteiger partial charge is 0.495 e. The Kier molecular flexibility index (Phi) is 18.3. The average Bonchev–Trinajstić information content (AvgIpc) is 3.89. The van der Waals surface area contributed by atoms with E-state index in [1.807, 2.05) is 26.8 Å². The highest BCUT2D eigenvalue weighted by Gasteiger charge is 2.64. The van der Waals surface area contributed by atoms with Gasteiger partial charge in [0.1, 0.15) is 40.7 Å². The van der Waals surface area contributed by atoms with E-state index >= 15 is 0 Å². The number of rotatable bonds is 15. The highest BCUT2D eigenvalue weighted by molar-refractivity contribution is 8.77. The van der Waals surface area contributed by atoms with Crippen LogP contribution in [0.25, 0.3) is 0 Å². The second kappa shape index (κ2) is 22.8. The van der Waals surface area contributed by atoms with Crippen molar-refractivity contribution in [1.82, 2.24) is 15.3 Å². The number of amides is 5. The summed E-state index contributed by atoms with van der Waals surface area (Å²) in [6.07, 6.45) is 1.70. The van der Waals surface area contributed by atoms with Gasteiger partial charge in [-0.3, -0.25) is 24.5 Å². The van der Waals surface area contributed by atoms with Gasteiger partial charge in [-0.1, -0.05) is 77.8 Å². The van der Waals surface area contributed by atoms with Crippen LogP contribution in [0.15, 0.2) is 35.9 Å². The molecule has 5 rings (SSSR count). The molecule has 2 N–H and O–H groups in total. The summed E-state index contributed by atoms with van der Waals surface area (Å²) in [5, 5.41) is 15.1. The van der Waals surface area contributed by atoms with E-state index < -0.39 is 83.5 Å². The molecule has 0 saturated carbocycles. The van der Waals surface area contributed by atoms with Gasteiger partial charge in [0.05, 0.1) is 25.3 Å². The molecule has 370 valence electrons. The molecule has 10 atom stereocenters. The minimum Gasteiger partial charge on any atom is -0.495 e. The number of nitrogens with zero attached hydrogens (tertiary/aromatic N) is 3.